The van der Waals surface area contributed by atoms with E-state index in [0.29, 0.717) is 18.0 Å². The number of rotatable bonds is 1. The van der Waals surface area contributed by atoms with Crippen LogP contribution in [0.15, 0.2) is 249 Å². The number of benzene rings is 1. The zero-order valence-corrected chi connectivity index (χ0v) is 55.5. The topological polar surface area (TPSA) is 198 Å². The summed E-state index contributed by atoms with van der Waals surface area (Å²) < 4.78 is 57.1. The van der Waals surface area contributed by atoms with Crippen molar-refractivity contribution >= 4 is 95.3 Å². The van der Waals surface area contributed by atoms with Crippen LogP contribution in [0.1, 0.15) is 31.9 Å². The first-order valence-electron chi connectivity index (χ1n) is 35.1. The van der Waals surface area contributed by atoms with Gasteiger partial charge in [0.25, 0.3) is 39.5 Å². The zero-order chi connectivity index (χ0) is 70.2. The molecule has 0 atom stereocenters. The molecule has 0 aliphatic carbocycles. The van der Waals surface area contributed by atoms with E-state index < -0.39 is 6.98 Å². The molecule has 490 valence electrons. The molecule has 20 aromatic heterocycles. The normalized spacial score (nSPS) is 13.5. The molecule has 24 nitrogen and oxygen atoms in total. The molecule has 21 aromatic rings. The Balaban J connectivity index is 0.0000000830. The van der Waals surface area contributed by atoms with Crippen LogP contribution in [-0.4, -0.2) is 85.5 Å². The molecule has 0 unspecified atom stereocenters. The number of hydrogen-bond acceptors (Lipinski definition) is 12. The largest absolute Gasteiger partial charge is 0.396 e. The third-order valence-electron chi connectivity index (χ3n) is 20.2. The lowest BCUT2D eigenvalue weighted by Crippen LogP contribution is -2.32. The summed E-state index contributed by atoms with van der Waals surface area (Å²) in [5.41, 5.74) is 25.8. The van der Waals surface area contributed by atoms with Gasteiger partial charge in [-0.15, -0.1) is 0 Å². The predicted molar refractivity (Wildman–Crippen MR) is 384 cm³/mol. The highest BCUT2D eigenvalue weighted by Crippen LogP contribution is 2.38. The highest BCUT2D eigenvalue weighted by molar-refractivity contribution is 7.20. The van der Waals surface area contributed by atoms with E-state index in [-0.39, 0.29) is 0 Å². The second-order valence-electron chi connectivity index (χ2n) is 25.8. The van der Waals surface area contributed by atoms with Crippen molar-refractivity contribution in [2.45, 2.75) is 32.7 Å². The summed E-state index contributed by atoms with van der Waals surface area (Å²) in [7, 11) is 2.07. The van der Waals surface area contributed by atoms with Crippen molar-refractivity contribution in [2.75, 3.05) is 0 Å². The van der Waals surface area contributed by atoms with Gasteiger partial charge in [0.15, 0.2) is 16.3 Å². The molecule has 25 heterocycles. The zero-order valence-electron chi connectivity index (χ0n) is 57.7. The number of thiazole rings is 1. The Kier molecular flexibility index (Phi) is 11.5. The fourth-order valence-electron chi connectivity index (χ4n) is 15.6. The lowest BCUT2D eigenvalue weighted by Gasteiger charge is -2.04. The Morgan fingerprint density at radius 2 is 0.825 bits per heavy atom. The average molecular weight is 1370 g/mol. The Labute approximate surface area is 590 Å². The van der Waals surface area contributed by atoms with Gasteiger partial charge in [-0.05, 0) is 101 Å². The molecule has 0 radical (unpaired) electrons. The molecular weight excluding hydrogens is 1310 g/mol. The van der Waals surface area contributed by atoms with Crippen LogP contribution < -0.4 is 22.8 Å². The number of pyridine rings is 10. The minimum Gasteiger partial charge on any atom is -0.396 e. The Morgan fingerprint density at radius 1 is 0.388 bits per heavy atom. The Hall–Kier alpha value is -13.8. The van der Waals surface area contributed by atoms with Gasteiger partial charge in [-0.2, -0.15) is 14.5 Å². The molecule has 0 saturated heterocycles. The van der Waals surface area contributed by atoms with Crippen LogP contribution in [-0.2, 0) is 46.7 Å². The predicted octanol–water partition coefficient (Wildman–Crippen LogP) is 10.1. The van der Waals surface area contributed by atoms with Crippen molar-refractivity contribution in [3.63, 3.8) is 0 Å². The van der Waals surface area contributed by atoms with Gasteiger partial charge in [0.2, 0.25) is 28.0 Å². The van der Waals surface area contributed by atoms with Gasteiger partial charge in [-0.3, -0.25) is 33.7 Å². The number of imidazole rings is 8. The van der Waals surface area contributed by atoms with Gasteiger partial charge in [0, 0.05) is 121 Å². The summed E-state index contributed by atoms with van der Waals surface area (Å²) in [6, 6.07) is 50.6. The van der Waals surface area contributed by atoms with Crippen molar-refractivity contribution in [1.29, 1.82) is 0 Å². The minimum atomic E-state index is -2.31. The quantitative estimate of drug-likeness (QED) is 0.142. The molecule has 0 fully saturated rings. The summed E-state index contributed by atoms with van der Waals surface area (Å²) in [5, 5.41) is 1.26. The first-order chi connectivity index (χ1) is 52.1. The van der Waals surface area contributed by atoms with Crippen molar-refractivity contribution in [3.8, 4) is 61.9 Å². The highest BCUT2D eigenvalue weighted by atomic mass is 32.1. The molecule has 0 amide bonds. The van der Waals surface area contributed by atoms with Crippen molar-refractivity contribution in [1.82, 2.24) is 85.5 Å². The second kappa shape index (κ2) is 21.8. The fourth-order valence-corrected chi connectivity index (χ4v) is 16.9. The Morgan fingerprint density at radius 3 is 1.44 bits per heavy atom. The number of aryl methyl sites for hydroxylation is 2. The maximum absolute atomic E-state index is 7.97. The molecule has 26 rings (SSSR count). The summed E-state index contributed by atoms with van der Waals surface area (Å²) >= 11 is 1.79. The molecule has 5 aliphatic heterocycles. The molecule has 1 aromatic carbocycles. The highest BCUT2D eigenvalue weighted by Gasteiger charge is 2.40. The lowest BCUT2D eigenvalue weighted by molar-refractivity contribution is -0.651. The molecule has 0 N–H and O–H groups in total. The molecule has 0 spiro atoms. The smallest absolute Gasteiger partial charge is 0.390 e. The van der Waals surface area contributed by atoms with E-state index in [2.05, 4.69) is 144 Å². The van der Waals surface area contributed by atoms with Gasteiger partial charge < -0.3 is 4.42 Å². The first-order valence-corrected chi connectivity index (χ1v) is 34.5. The lowest BCUT2D eigenvalue weighted by atomic mass is 10.2. The second-order valence-corrected chi connectivity index (χ2v) is 26.8. The van der Waals surface area contributed by atoms with E-state index >= 15 is 0 Å². The van der Waals surface area contributed by atoms with Crippen LogP contribution in [0.25, 0.3) is 146 Å². The monoisotopic (exact) mass is 1370 g/mol. The summed E-state index contributed by atoms with van der Waals surface area (Å²) in [6.45, 7) is 1.71. The van der Waals surface area contributed by atoms with Crippen LogP contribution in [0, 0.1) is 0 Å². The van der Waals surface area contributed by atoms with Crippen molar-refractivity contribution in [2.24, 2.45) is 14.0 Å². The average Bonchev–Trinajstić information content (AvgIpc) is 1.58. The van der Waals surface area contributed by atoms with E-state index in [0.717, 1.165) is 134 Å². The van der Waals surface area contributed by atoms with Gasteiger partial charge in [-0.1, -0.05) is 64.9 Å². The minimum absolute atomic E-state index is 0.473. The molecule has 0 saturated carbocycles. The molecular formula is C78H56N23OS+5. The molecule has 25 heteroatoms. The van der Waals surface area contributed by atoms with Crippen molar-refractivity contribution < 1.29 is 31.4 Å². The van der Waals surface area contributed by atoms with Crippen molar-refractivity contribution in [3.05, 3.63) is 272 Å². The van der Waals surface area contributed by atoms with E-state index in [4.69, 9.17) is 23.5 Å². The number of oxazole rings is 1. The molecule has 103 heavy (non-hydrogen) atoms. The maximum atomic E-state index is 7.97. The van der Waals surface area contributed by atoms with Crippen LogP contribution in [0.2, 0.25) is 0 Å². The van der Waals surface area contributed by atoms with Gasteiger partial charge in [-0.25, -0.2) is 45.2 Å². The maximum Gasteiger partial charge on any atom is 0.390 e. The van der Waals surface area contributed by atoms with Crippen LogP contribution in [0.3, 0.4) is 0 Å². The van der Waals surface area contributed by atoms with Crippen LogP contribution >= 0.6 is 11.3 Å². The number of fused-ring (bicyclic) bond motifs is 35. The number of hydrogen-bond donors (Lipinski definition) is 0. The number of nitrogens with zero attached hydrogens (tertiary/aromatic N) is 23. The summed E-state index contributed by atoms with van der Waals surface area (Å²) in [6.07, 6.45) is 28.6. The van der Waals surface area contributed by atoms with E-state index in [9.17, 15) is 0 Å². The number of aromatic nitrogens is 23. The van der Waals surface area contributed by atoms with E-state index in [1.165, 1.54) is 59.2 Å². The van der Waals surface area contributed by atoms with E-state index in [1.54, 1.807) is 23.7 Å². The van der Waals surface area contributed by atoms with Crippen LogP contribution in [0.4, 0.5) is 0 Å². The van der Waals surface area contributed by atoms with E-state index in [1.807, 2.05) is 185 Å². The van der Waals surface area contributed by atoms with Crippen LogP contribution in [0.5, 0.6) is 0 Å². The van der Waals surface area contributed by atoms with Gasteiger partial charge in [0.1, 0.15) is 18.8 Å². The number of para-hydroxylation sites is 1. The summed E-state index contributed by atoms with van der Waals surface area (Å²) in [5.74, 6) is 3.82. The Bertz CT molecular complexity index is 7090. The fraction of sp³-hybridized carbons (Fsp3) is 0.0897. The summed E-state index contributed by atoms with van der Waals surface area (Å²) in [4.78, 5) is 46.0. The molecule has 5 aliphatic rings. The first kappa shape index (κ1) is 54.1. The molecule has 0 bridgehead atoms. The standard InChI is InChI=1S/C20H14N5.2C15H12N5.C14H9N4O.C14H9N4S/c1-2-6-15(7-3-1)25-19-16-12-21-10-9-14(16)13-24(19)18-20(25)23-11-5-4-8-17(23)22-18;2*1-18-13-15(19-7-3-2-4-12(19)17-13)20-9-10-5-6-16-8-11(10)14(18)20;2*1-2-6-17-11(3-1)16-12-14(17)19-13-10-7-15-5-4-9(10)8-18(12)13/h1-12H,13H2;2*2-8H,9H2,1H3;2*1-7H,8H2/q5*+1/i;1D3;;;. The third-order valence-corrected chi connectivity index (χ3v) is 21.4. The van der Waals surface area contributed by atoms with Gasteiger partial charge >= 0.3 is 28.5 Å². The third kappa shape index (κ3) is 8.35. The van der Waals surface area contributed by atoms with Gasteiger partial charge in [0.05, 0.1) is 78.0 Å². The SMILES string of the molecule is Cn1c2[n+](c3c1nc1ccccn13)Cc1ccncc1-2.[2H]C([2H])([2H])n1c2[n+](c3c1nc1ccccn13)Cc1ccncc1-2.c1ccc(-n2c3[n+](c4nc5ccccn5c42)Cc2ccncc2-3)cc1.c1ccn2c(c1)nc1c2oc2[n+]1Cc1ccncc1-2.c1ccn2c(c1)nc1c2sc2[n+]1Cc1ccncc1-2.